The minimum Gasteiger partial charge on any atom is -0.462 e. The number of carbonyl (C=O) groups excluding carboxylic acids is 2. The van der Waals surface area contributed by atoms with Gasteiger partial charge in [-0.2, -0.15) is 0 Å². The van der Waals surface area contributed by atoms with Crippen molar-refractivity contribution in [3.63, 3.8) is 0 Å². The normalized spacial score (nSPS) is 12.5. The summed E-state index contributed by atoms with van der Waals surface area (Å²) in [5.41, 5.74) is 0. The van der Waals surface area contributed by atoms with Gasteiger partial charge < -0.3 is 14.2 Å². The first-order chi connectivity index (χ1) is 29.6. The Balaban J connectivity index is 4.20. The minimum atomic E-state index is -0.540. The number of ether oxygens (including phenoxy) is 3. The second-order valence-corrected chi connectivity index (χ2v) is 17.4. The van der Waals surface area contributed by atoms with E-state index < -0.39 is 6.10 Å². The maximum atomic E-state index is 12.7. The van der Waals surface area contributed by atoms with Crippen LogP contribution in [0.5, 0.6) is 0 Å². The quantitative estimate of drug-likeness (QED) is 0.0347. The first kappa shape index (κ1) is 57.9. The second-order valence-electron chi connectivity index (χ2n) is 17.4. The van der Waals surface area contributed by atoms with E-state index in [2.05, 4.69) is 69.4 Å². The highest BCUT2D eigenvalue weighted by molar-refractivity contribution is 5.70. The van der Waals surface area contributed by atoms with Gasteiger partial charge in [0.15, 0.2) is 6.10 Å². The first-order valence-corrected chi connectivity index (χ1v) is 26.2. The minimum absolute atomic E-state index is 0.0786. The van der Waals surface area contributed by atoms with Crippen LogP contribution in [0, 0.1) is 0 Å². The highest BCUT2D eigenvalue weighted by Gasteiger charge is 2.17. The summed E-state index contributed by atoms with van der Waals surface area (Å²) in [6.07, 6.45) is 62.6. The van der Waals surface area contributed by atoms with E-state index in [0.717, 1.165) is 64.2 Å². The molecule has 0 fully saturated rings. The van der Waals surface area contributed by atoms with Crippen LogP contribution in [0.3, 0.4) is 0 Å². The predicted octanol–water partition coefficient (Wildman–Crippen LogP) is 17.6. The molecular weight excluding hydrogens is 741 g/mol. The monoisotopic (exact) mass is 841 g/mol. The number of hydrogen-bond donors (Lipinski definition) is 0. The largest absolute Gasteiger partial charge is 0.462 e. The number of esters is 2. The van der Waals surface area contributed by atoms with Gasteiger partial charge in [0, 0.05) is 19.4 Å². The fourth-order valence-corrected chi connectivity index (χ4v) is 7.39. The van der Waals surface area contributed by atoms with Gasteiger partial charge in [0.05, 0.1) is 6.61 Å². The van der Waals surface area contributed by atoms with E-state index in [1.54, 1.807) is 0 Å². The summed E-state index contributed by atoms with van der Waals surface area (Å²) in [7, 11) is 0. The molecule has 0 heterocycles. The highest BCUT2D eigenvalue weighted by Crippen LogP contribution is 2.14. The van der Waals surface area contributed by atoms with Crippen LogP contribution in [0.25, 0.3) is 0 Å². The average Bonchev–Trinajstić information content (AvgIpc) is 3.25. The molecule has 0 aliphatic heterocycles. The van der Waals surface area contributed by atoms with Crippen molar-refractivity contribution in [2.75, 3.05) is 19.8 Å². The van der Waals surface area contributed by atoms with Crippen molar-refractivity contribution in [3.8, 4) is 0 Å². The van der Waals surface area contributed by atoms with Crippen LogP contribution in [0.15, 0.2) is 48.6 Å². The summed E-state index contributed by atoms with van der Waals surface area (Å²) < 4.78 is 17.4. The maximum Gasteiger partial charge on any atom is 0.306 e. The Labute approximate surface area is 373 Å². The molecule has 0 rings (SSSR count). The van der Waals surface area contributed by atoms with Gasteiger partial charge in [0.2, 0.25) is 0 Å². The fourth-order valence-electron chi connectivity index (χ4n) is 7.39. The van der Waals surface area contributed by atoms with E-state index in [9.17, 15) is 9.59 Å². The third kappa shape index (κ3) is 48.5. The van der Waals surface area contributed by atoms with Crippen LogP contribution in [0.2, 0.25) is 0 Å². The number of hydrogen-bond acceptors (Lipinski definition) is 5. The standard InChI is InChI=1S/C55H100O5/c1-4-7-10-13-16-19-21-23-25-27-28-29-30-32-34-37-39-42-45-48-54(56)59-52-53(60-55(57)49-46-43-40-36-18-15-12-9-6-3)51-58-50-47-44-41-38-35-33-31-26-24-22-20-17-14-11-8-5-2/h16,19,23-26,28-29,53H,4-15,17-18,20-22,27,30-52H2,1-3H3/b19-16-,25-23-,26-24-,29-28-. The summed E-state index contributed by atoms with van der Waals surface area (Å²) in [5.74, 6) is -0.408. The van der Waals surface area contributed by atoms with Gasteiger partial charge in [-0.25, -0.2) is 0 Å². The van der Waals surface area contributed by atoms with Crippen molar-refractivity contribution < 1.29 is 23.8 Å². The molecule has 0 aromatic carbocycles. The Morgan fingerprint density at radius 1 is 0.367 bits per heavy atom. The van der Waals surface area contributed by atoms with Crippen molar-refractivity contribution >= 4 is 11.9 Å². The van der Waals surface area contributed by atoms with Gasteiger partial charge >= 0.3 is 11.9 Å². The summed E-state index contributed by atoms with van der Waals surface area (Å²) in [5, 5.41) is 0. The molecule has 0 aliphatic carbocycles. The van der Waals surface area contributed by atoms with Crippen molar-refractivity contribution in [1.29, 1.82) is 0 Å². The summed E-state index contributed by atoms with van der Waals surface area (Å²) in [6.45, 7) is 7.78. The third-order valence-electron chi connectivity index (χ3n) is 11.3. The van der Waals surface area contributed by atoms with Crippen molar-refractivity contribution in [3.05, 3.63) is 48.6 Å². The van der Waals surface area contributed by atoms with Crippen LogP contribution >= 0.6 is 0 Å². The van der Waals surface area contributed by atoms with Crippen LogP contribution in [-0.4, -0.2) is 37.9 Å². The lowest BCUT2D eigenvalue weighted by Crippen LogP contribution is -2.30. The molecule has 0 N–H and O–H groups in total. The molecule has 0 saturated heterocycles. The molecule has 1 unspecified atom stereocenters. The van der Waals surface area contributed by atoms with E-state index in [4.69, 9.17) is 14.2 Å². The molecule has 0 aliphatic rings. The molecule has 0 saturated carbocycles. The van der Waals surface area contributed by atoms with E-state index >= 15 is 0 Å². The Morgan fingerprint density at radius 2 is 0.700 bits per heavy atom. The Bertz CT molecular complexity index is 997. The van der Waals surface area contributed by atoms with Crippen molar-refractivity contribution in [2.45, 2.75) is 271 Å². The van der Waals surface area contributed by atoms with Gasteiger partial charge in [-0.1, -0.05) is 217 Å². The lowest BCUT2D eigenvalue weighted by Gasteiger charge is -2.18. The molecule has 1 atom stereocenters. The molecule has 350 valence electrons. The van der Waals surface area contributed by atoms with Crippen LogP contribution in [0.4, 0.5) is 0 Å². The lowest BCUT2D eigenvalue weighted by molar-refractivity contribution is -0.163. The maximum absolute atomic E-state index is 12.7. The topological polar surface area (TPSA) is 61.8 Å². The predicted molar refractivity (Wildman–Crippen MR) is 261 cm³/mol. The molecule has 0 aromatic heterocycles. The van der Waals surface area contributed by atoms with Crippen molar-refractivity contribution in [1.82, 2.24) is 0 Å². The molecule has 60 heavy (non-hydrogen) atoms. The van der Waals surface area contributed by atoms with Crippen LogP contribution in [0.1, 0.15) is 265 Å². The van der Waals surface area contributed by atoms with E-state index in [0.29, 0.717) is 19.4 Å². The fraction of sp³-hybridized carbons (Fsp3) is 0.818. The average molecular weight is 841 g/mol. The number of allylic oxidation sites excluding steroid dienone is 8. The van der Waals surface area contributed by atoms with Gasteiger partial charge in [-0.15, -0.1) is 0 Å². The molecule has 0 bridgehead atoms. The lowest BCUT2D eigenvalue weighted by atomic mass is 10.1. The summed E-state index contributed by atoms with van der Waals surface area (Å²) in [4.78, 5) is 25.3. The molecule has 0 radical (unpaired) electrons. The molecular formula is C55H100O5. The van der Waals surface area contributed by atoms with Crippen molar-refractivity contribution in [2.24, 2.45) is 0 Å². The van der Waals surface area contributed by atoms with E-state index in [1.165, 1.54) is 167 Å². The zero-order chi connectivity index (χ0) is 43.5. The number of unbranched alkanes of at least 4 members (excludes halogenated alkanes) is 29. The summed E-state index contributed by atoms with van der Waals surface area (Å²) in [6, 6.07) is 0. The third-order valence-corrected chi connectivity index (χ3v) is 11.3. The van der Waals surface area contributed by atoms with Crippen LogP contribution in [-0.2, 0) is 23.8 Å². The SMILES string of the molecule is CCCCC/C=C\C/C=C\C/C=C\CCCCCCCCC(=O)OCC(COCCCCCCCC/C=C\CCCCCCCC)OC(=O)CCCCCCCCCCC. The van der Waals surface area contributed by atoms with Gasteiger partial charge in [-0.05, 0) is 83.5 Å². The molecule has 5 nitrogen and oxygen atoms in total. The Morgan fingerprint density at radius 3 is 1.17 bits per heavy atom. The van der Waals surface area contributed by atoms with E-state index in [1.807, 2.05) is 0 Å². The molecule has 5 heteroatoms. The Kier molecular flexibility index (Phi) is 49.4. The summed E-state index contributed by atoms with van der Waals surface area (Å²) >= 11 is 0. The van der Waals surface area contributed by atoms with Gasteiger partial charge in [-0.3, -0.25) is 9.59 Å². The second kappa shape index (κ2) is 51.2. The zero-order valence-corrected chi connectivity index (χ0v) is 40.2. The molecule has 0 spiro atoms. The van der Waals surface area contributed by atoms with E-state index in [-0.39, 0.29) is 25.2 Å². The smallest absolute Gasteiger partial charge is 0.306 e. The molecule has 0 aromatic rings. The number of rotatable bonds is 48. The first-order valence-electron chi connectivity index (χ1n) is 26.2. The zero-order valence-electron chi connectivity index (χ0n) is 40.2. The van der Waals surface area contributed by atoms with Gasteiger partial charge in [0.25, 0.3) is 0 Å². The highest BCUT2D eigenvalue weighted by atomic mass is 16.6. The Hall–Kier alpha value is -2.14. The number of carbonyl (C=O) groups is 2. The van der Waals surface area contributed by atoms with Gasteiger partial charge in [0.1, 0.15) is 6.61 Å². The molecule has 0 amide bonds. The van der Waals surface area contributed by atoms with Crippen LogP contribution < -0.4 is 0 Å².